The maximum absolute atomic E-state index is 11.5. The zero-order chi connectivity index (χ0) is 16.1. The fourth-order valence-electron chi connectivity index (χ4n) is 2.90. The third kappa shape index (κ3) is 2.05. The minimum atomic E-state index is -0.483. The number of pyridine rings is 1. The molecule has 7 heteroatoms. The number of primary amides is 1. The molecule has 0 unspecified atom stereocenters. The minimum Gasteiger partial charge on any atom is -0.366 e. The van der Waals surface area contributed by atoms with Crippen molar-refractivity contribution in [2.24, 2.45) is 5.73 Å². The number of benzene rings is 1. The van der Waals surface area contributed by atoms with Gasteiger partial charge in [-0.3, -0.25) is 14.2 Å². The van der Waals surface area contributed by atoms with Crippen molar-refractivity contribution in [2.75, 3.05) is 5.32 Å². The standard InChI is InChI=1S/C16H13N5O2/c1-8-19-12-5-9(15(17)23)2-3-13(12)21(8)11-4-10-6-14(22)20-16(10)18-7-11/h2-5,7H,6H2,1H3,(H2,17,23)(H,18,20,22). The molecule has 0 saturated carbocycles. The lowest BCUT2D eigenvalue weighted by molar-refractivity contribution is -0.115. The summed E-state index contributed by atoms with van der Waals surface area (Å²) in [6, 6.07) is 7.09. The summed E-state index contributed by atoms with van der Waals surface area (Å²) in [6.07, 6.45) is 2.02. The van der Waals surface area contributed by atoms with Crippen LogP contribution in [0.15, 0.2) is 30.5 Å². The summed E-state index contributed by atoms with van der Waals surface area (Å²) < 4.78 is 1.94. The predicted octanol–water partition coefficient (Wildman–Crippen LogP) is 1.32. The maximum Gasteiger partial charge on any atom is 0.248 e. The second-order valence-corrected chi connectivity index (χ2v) is 5.49. The second-order valence-electron chi connectivity index (χ2n) is 5.49. The molecule has 0 radical (unpaired) electrons. The van der Waals surface area contributed by atoms with E-state index in [4.69, 9.17) is 5.73 Å². The molecule has 0 bridgehead atoms. The first-order chi connectivity index (χ1) is 11.0. The molecule has 0 atom stereocenters. The van der Waals surface area contributed by atoms with E-state index in [0.717, 1.165) is 22.6 Å². The van der Waals surface area contributed by atoms with E-state index in [9.17, 15) is 9.59 Å². The molecular formula is C16H13N5O2. The number of carbonyl (C=O) groups is 2. The molecule has 4 rings (SSSR count). The van der Waals surface area contributed by atoms with Crippen LogP contribution in [-0.2, 0) is 11.2 Å². The summed E-state index contributed by atoms with van der Waals surface area (Å²) in [5.74, 6) is 0.836. The highest BCUT2D eigenvalue weighted by molar-refractivity contribution is 5.98. The molecule has 7 nitrogen and oxygen atoms in total. The fourth-order valence-corrected chi connectivity index (χ4v) is 2.90. The molecule has 23 heavy (non-hydrogen) atoms. The SMILES string of the molecule is Cc1nc2cc(C(N)=O)ccc2n1-c1cnc2c(c1)CC(=O)N2. The summed E-state index contributed by atoms with van der Waals surface area (Å²) in [5, 5.41) is 2.72. The number of fused-ring (bicyclic) bond motifs is 2. The number of rotatable bonds is 2. The quantitative estimate of drug-likeness (QED) is 0.745. The highest BCUT2D eigenvalue weighted by atomic mass is 16.2. The number of imidazole rings is 1. The predicted molar refractivity (Wildman–Crippen MR) is 84.5 cm³/mol. The van der Waals surface area contributed by atoms with Gasteiger partial charge in [0.1, 0.15) is 11.6 Å². The summed E-state index contributed by atoms with van der Waals surface area (Å²) in [5.41, 5.74) is 8.96. The van der Waals surface area contributed by atoms with Gasteiger partial charge in [0.2, 0.25) is 11.8 Å². The van der Waals surface area contributed by atoms with Gasteiger partial charge in [0.15, 0.2) is 0 Å². The van der Waals surface area contributed by atoms with Crippen LogP contribution >= 0.6 is 0 Å². The van der Waals surface area contributed by atoms with Crippen LogP contribution in [0.1, 0.15) is 21.7 Å². The number of nitrogens with zero attached hydrogens (tertiary/aromatic N) is 3. The van der Waals surface area contributed by atoms with E-state index in [1.165, 1.54) is 0 Å². The zero-order valence-electron chi connectivity index (χ0n) is 12.3. The van der Waals surface area contributed by atoms with Crippen LogP contribution in [0.2, 0.25) is 0 Å². The van der Waals surface area contributed by atoms with Crippen molar-refractivity contribution in [3.8, 4) is 5.69 Å². The average molecular weight is 307 g/mol. The number of aromatic nitrogens is 3. The number of aryl methyl sites for hydroxylation is 1. The van der Waals surface area contributed by atoms with E-state index >= 15 is 0 Å². The van der Waals surface area contributed by atoms with E-state index in [1.54, 1.807) is 18.3 Å². The van der Waals surface area contributed by atoms with Gasteiger partial charge >= 0.3 is 0 Å². The van der Waals surface area contributed by atoms with Crippen molar-refractivity contribution in [1.82, 2.24) is 14.5 Å². The number of amides is 2. The Bertz CT molecular complexity index is 990. The number of carbonyl (C=O) groups excluding carboxylic acids is 2. The summed E-state index contributed by atoms with van der Waals surface area (Å²) in [6.45, 7) is 1.88. The first-order valence-corrected chi connectivity index (χ1v) is 7.11. The third-order valence-electron chi connectivity index (χ3n) is 3.93. The molecule has 114 valence electrons. The number of anilines is 1. The van der Waals surface area contributed by atoms with Crippen molar-refractivity contribution in [1.29, 1.82) is 0 Å². The molecule has 3 aromatic rings. The first-order valence-electron chi connectivity index (χ1n) is 7.11. The molecule has 1 aliphatic heterocycles. The largest absolute Gasteiger partial charge is 0.366 e. The van der Waals surface area contributed by atoms with E-state index in [1.807, 2.05) is 23.6 Å². The smallest absolute Gasteiger partial charge is 0.248 e. The van der Waals surface area contributed by atoms with Crippen LogP contribution < -0.4 is 11.1 Å². The molecule has 0 spiro atoms. The molecule has 0 saturated heterocycles. The Labute approximate surface area is 131 Å². The lowest BCUT2D eigenvalue weighted by Crippen LogP contribution is -2.10. The number of nitrogens with two attached hydrogens (primary N) is 1. The van der Waals surface area contributed by atoms with Gasteiger partial charge in [-0.15, -0.1) is 0 Å². The minimum absolute atomic E-state index is 0.0528. The van der Waals surface area contributed by atoms with Gasteiger partial charge < -0.3 is 11.1 Å². The molecular weight excluding hydrogens is 294 g/mol. The highest BCUT2D eigenvalue weighted by Crippen LogP contribution is 2.26. The van der Waals surface area contributed by atoms with Gasteiger partial charge in [-0.2, -0.15) is 0 Å². The van der Waals surface area contributed by atoms with Crippen LogP contribution in [0.5, 0.6) is 0 Å². The van der Waals surface area contributed by atoms with Crippen molar-refractivity contribution in [2.45, 2.75) is 13.3 Å². The van der Waals surface area contributed by atoms with Gasteiger partial charge in [-0.05, 0) is 31.2 Å². The molecule has 1 aromatic carbocycles. The van der Waals surface area contributed by atoms with Crippen LogP contribution in [-0.4, -0.2) is 26.3 Å². The van der Waals surface area contributed by atoms with E-state index in [2.05, 4.69) is 15.3 Å². The van der Waals surface area contributed by atoms with Crippen molar-refractivity contribution in [3.63, 3.8) is 0 Å². The number of hydrogen-bond acceptors (Lipinski definition) is 4. The summed E-state index contributed by atoms with van der Waals surface area (Å²) in [7, 11) is 0. The van der Waals surface area contributed by atoms with Crippen molar-refractivity contribution in [3.05, 3.63) is 47.4 Å². The first kappa shape index (κ1) is 13.4. The average Bonchev–Trinajstić information content (AvgIpc) is 3.03. The molecule has 2 amide bonds. The number of hydrogen-bond donors (Lipinski definition) is 2. The van der Waals surface area contributed by atoms with Gasteiger partial charge in [0, 0.05) is 11.1 Å². The lowest BCUT2D eigenvalue weighted by atomic mass is 10.2. The Morgan fingerprint density at radius 2 is 2.17 bits per heavy atom. The summed E-state index contributed by atoms with van der Waals surface area (Å²) >= 11 is 0. The Morgan fingerprint density at radius 1 is 1.35 bits per heavy atom. The Hall–Kier alpha value is -3.22. The fraction of sp³-hybridized carbons (Fsp3) is 0.125. The highest BCUT2D eigenvalue weighted by Gasteiger charge is 2.20. The normalized spacial score (nSPS) is 13.2. The third-order valence-corrected chi connectivity index (χ3v) is 3.93. The van der Waals surface area contributed by atoms with Crippen LogP contribution in [0.4, 0.5) is 5.82 Å². The van der Waals surface area contributed by atoms with E-state index in [-0.39, 0.29) is 5.91 Å². The van der Waals surface area contributed by atoms with Crippen LogP contribution in [0, 0.1) is 6.92 Å². The molecule has 2 aromatic heterocycles. The van der Waals surface area contributed by atoms with Crippen LogP contribution in [0.3, 0.4) is 0 Å². The second kappa shape index (κ2) is 4.64. The molecule has 3 N–H and O–H groups in total. The van der Waals surface area contributed by atoms with Gasteiger partial charge in [-0.1, -0.05) is 0 Å². The zero-order valence-corrected chi connectivity index (χ0v) is 12.3. The number of nitrogens with one attached hydrogen (secondary N) is 1. The Morgan fingerprint density at radius 3 is 2.96 bits per heavy atom. The van der Waals surface area contributed by atoms with Crippen molar-refractivity contribution < 1.29 is 9.59 Å². The maximum atomic E-state index is 11.5. The molecule has 0 aliphatic carbocycles. The van der Waals surface area contributed by atoms with Gasteiger partial charge in [-0.25, -0.2) is 9.97 Å². The topological polar surface area (TPSA) is 103 Å². The summed E-state index contributed by atoms with van der Waals surface area (Å²) in [4.78, 5) is 31.6. The molecule has 0 fully saturated rings. The van der Waals surface area contributed by atoms with E-state index in [0.29, 0.717) is 23.3 Å². The molecule has 1 aliphatic rings. The van der Waals surface area contributed by atoms with E-state index < -0.39 is 5.91 Å². The molecule has 3 heterocycles. The Kier molecular flexibility index (Phi) is 2.71. The Balaban J connectivity index is 1.89. The lowest BCUT2D eigenvalue weighted by Gasteiger charge is -2.08. The van der Waals surface area contributed by atoms with Gasteiger partial charge in [0.25, 0.3) is 0 Å². The van der Waals surface area contributed by atoms with Crippen molar-refractivity contribution >= 4 is 28.7 Å². The monoisotopic (exact) mass is 307 g/mol. The van der Waals surface area contributed by atoms with Crippen LogP contribution in [0.25, 0.3) is 16.7 Å². The van der Waals surface area contributed by atoms with Gasteiger partial charge in [0.05, 0.1) is 29.3 Å².